The number of carbonyl (C=O) groups is 2. The first-order chi connectivity index (χ1) is 12.6. The Kier molecular flexibility index (Phi) is 8.30. The zero-order valence-corrected chi connectivity index (χ0v) is 18.9. The smallest absolute Gasteiger partial charge is 0.422 e. The van der Waals surface area contributed by atoms with Gasteiger partial charge in [-0.3, -0.25) is 10.2 Å². The fraction of sp³-hybridized carbons (Fsp3) is 0.905. The van der Waals surface area contributed by atoms with E-state index in [4.69, 9.17) is 9.47 Å². The number of nitrogens with one attached hydrogen (secondary N) is 2. The van der Waals surface area contributed by atoms with E-state index in [1.165, 1.54) is 0 Å². The summed E-state index contributed by atoms with van der Waals surface area (Å²) in [5.41, 5.74) is 3.84. The van der Waals surface area contributed by atoms with Crippen LogP contribution in [0.3, 0.4) is 0 Å². The molecule has 0 aliphatic heterocycles. The van der Waals surface area contributed by atoms with Gasteiger partial charge in [0.15, 0.2) is 0 Å². The monoisotopic (exact) mass is 402 g/mol. The summed E-state index contributed by atoms with van der Waals surface area (Å²) in [6.07, 6.45) is -0.0658. The first-order valence-corrected chi connectivity index (χ1v) is 10.2. The van der Waals surface area contributed by atoms with Crippen LogP contribution < -0.4 is 10.9 Å². The SMILES string of the molecule is CC1CCC1C(C(C)C(=O)OC(C)(C)C)C(F)C(C)NNC(=O)OC(C)(C)C. The quantitative estimate of drug-likeness (QED) is 0.488. The lowest BCUT2D eigenvalue weighted by Crippen LogP contribution is -2.54. The number of amides is 1. The lowest BCUT2D eigenvalue weighted by atomic mass is 9.62. The number of hydrazine groups is 1. The van der Waals surface area contributed by atoms with E-state index >= 15 is 4.39 Å². The van der Waals surface area contributed by atoms with Crippen LogP contribution in [0.5, 0.6) is 0 Å². The second-order valence-corrected chi connectivity index (χ2v) is 10.1. The van der Waals surface area contributed by atoms with Crippen LogP contribution in [0, 0.1) is 23.7 Å². The van der Waals surface area contributed by atoms with Crippen LogP contribution in [0.15, 0.2) is 0 Å². The topological polar surface area (TPSA) is 76.7 Å². The number of carbonyl (C=O) groups excluding carboxylic acids is 2. The molecule has 1 amide bonds. The predicted octanol–water partition coefficient (Wildman–Crippen LogP) is 4.38. The molecule has 0 saturated heterocycles. The molecule has 1 fully saturated rings. The lowest BCUT2D eigenvalue weighted by Gasteiger charge is -2.44. The van der Waals surface area contributed by atoms with Crippen molar-refractivity contribution >= 4 is 12.1 Å². The van der Waals surface area contributed by atoms with E-state index in [0.29, 0.717) is 5.92 Å². The Morgan fingerprint density at radius 3 is 1.93 bits per heavy atom. The maximum atomic E-state index is 15.5. The molecule has 1 aliphatic carbocycles. The molecule has 0 radical (unpaired) electrons. The molecular weight excluding hydrogens is 363 g/mol. The van der Waals surface area contributed by atoms with Crippen molar-refractivity contribution in [1.29, 1.82) is 0 Å². The van der Waals surface area contributed by atoms with E-state index in [1.54, 1.807) is 55.4 Å². The van der Waals surface area contributed by atoms with Crippen molar-refractivity contribution < 1.29 is 23.5 Å². The summed E-state index contributed by atoms with van der Waals surface area (Å²) in [6.45, 7) is 16.2. The lowest BCUT2D eigenvalue weighted by molar-refractivity contribution is -0.165. The van der Waals surface area contributed by atoms with Gasteiger partial charge in [-0.2, -0.15) is 0 Å². The number of hydrogen-bond donors (Lipinski definition) is 2. The maximum absolute atomic E-state index is 15.5. The van der Waals surface area contributed by atoms with Crippen LogP contribution in [-0.4, -0.2) is 35.5 Å². The number of ether oxygens (including phenoxy) is 2. The summed E-state index contributed by atoms with van der Waals surface area (Å²) in [6, 6.07) is -0.685. The molecule has 0 aromatic rings. The summed E-state index contributed by atoms with van der Waals surface area (Å²) in [5.74, 6) is -0.969. The number of esters is 1. The minimum atomic E-state index is -1.33. The highest BCUT2D eigenvalue weighted by atomic mass is 19.1. The van der Waals surface area contributed by atoms with Gasteiger partial charge in [0.2, 0.25) is 0 Å². The third-order valence-corrected chi connectivity index (χ3v) is 5.18. The van der Waals surface area contributed by atoms with Crippen molar-refractivity contribution in [2.24, 2.45) is 23.7 Å². The van der Waals surface area contributed by atoms with Crippen molar-refractivity contribution in [2.75, 3.05) is 0 Å². The van der Waals surface area contributed by atoms with Gasteiger partial charge < -0.3 is 9.47 Å². The van der Waals surface area contributed by atoms with E-state index in [1.807, 2.05) is 0 Å². The highest BCUT2D eigenvalue weighted by Crippen LogP contribution is 2.45. The maximum Gasteiger partial charge on any atom is 0.422 e. The summed E-state index contributed by atoms with van der Waals surface area (Å²) >= 11 is 0. The van der Waals surface area contributed by atoms with Gasteiger partial charge in [-0.15, -0.1) is 0 Å². The minimum Gasteiger partial charge on any atom is -0.460 e. The van der Waals surface area contributed by atoms with E-state index in [9.17, 15) is 9.59 Å². The van der Waals surface area contributed by atoms with Crippen LogP contribution >= 0.6 is 0 Å². The van der Waals surface area contributed by atoms with Crippen molar-refractivity contribution in [3.8, 4) is 0 Å². The van der Waals surface area contributed by atoms with Crippen LogP contribution in [0.1, 0.15) is 75.2 Å². The Bertz CT molecular complexity index is 542. The number of halogens is 1. The van der Waals surface area contributed by atoms with Gasteiger partial charge in [0.05, 0.1) is 12.0 Å². The molecule has 0 aromatic heterocycles. The molecule has 6 atom stereocenters. The van der Waals surface area contributed by atoms with Gasteiger partial charge in [0.25, 0.3) is 0 Å². The second-order valence-electron chi connectivity index (χ2n) is 10.1. The first-order valence-electron chi connectivity index (χ1n) is 10.2. The van der Waals surface area contributed by atoms with Gasteiger partial charge >= 0.3 is 12.1 Å². The zero-order chi connectivity index (χ0) is 21.9. The summed E-state index contributed by atoms with van der Waals surface area (Å²) in [4.78, 5) is 24.4. The van der Waals surface area contributed by atoms with Gasteiger partial charge in [0.1, 0.15) is 17.4 Å². The molecule has 2 N–H and O–H groups in total. The van der Waals surface area contributed by atoms with Crippen molar-refractivity contribution in [3.05, 3.63) is 0 Å². The molecule has 1 aliphatic rings. The number of alkyl halides is 1. The number of hydrogen-bond acceptors (Lipinski definition) is 5. The Labute approximate surface area is 169 Å². The molecular formula is C21H39FN2O4. The molecule has 0 aromatic carbocycles. The largest absolute Gasteiger partial charge is 0.460 e. The Hall–Kier alpha value is -1.37. The molecule has 6 unspecified atom stereocenters. The molecule has 164 valence electrons. The van der Waals surface area contributed by atoms with E-state index in [0.717, 1.165) is 12.8 Å². The van der Waals surface area contributed by atoms with Crippen molar-refractivity contribution in [3.63, 3.8) is 0 Å². The molecule has 0 spiro atoms. The van der Waals surface area contributed by atoms with Crippen LogP contribution in [-0.2, 0) is 14.3 Å². The highest BCUT2D eigenvalue weighted by molar-refractivity contribution is 5.73. The minimum absolute atomic E-state index is 0.114. The molecule has 7 heteroatoms. The molecule has 1 rings (SSSR count). The normalized spacial score (nSPS) is 24.4. The van der Waals surface area contributed by atoms with Crippen LogP contribution in [0.25, 0.3) is 0 Å². The number of rotatable bonds is 7. The summed E-state index contributed by atoms with van der Waals surface area (Å²) < 4.78 is 26.1. The van der Waals surface area contributed by atoms with Crippen LogP contribution in [0.2, 0.25) is 0 Å². The fourth-order valence-corrected chi connectivity index (χ4v) is 3.59. The highest BCUT2D eigenvalue weighted by Gasteiger charge is 2.46. The zero-order valence-electron chi connectivity index (χ0n) is 18.9. The molecule has 0 heterocycles. The average molecular weight is 403 g/mol. The Morgan fingerprint density at radius 2 is 1.54 bits per heavy atom. The van der Waals surface area contributed by atoms with E-state index in [2.05, 4.69) is 17.8 Å². The molecule has 1 saturated carbocycles. The molecule has 6 nitrogen and oxygen atoms in total. The summed E-state index contributed by atoms with van der Waals surface area (Å²) in [5, 5.41) is 0. The third kappa shape index (κ3) is 7.57. The van der Waals surface area contributed by atoms with E-state index in [-0.39, 0.29) is 11.9 Å². The van der Waals surface area contributed by atoms with Gasteiger partial charge in [-0.05, 0) is 66.7 Å². The molecule has 28 heavy (non-hydrogen) atoms. The Balaban J connectivity index is 2.80. The van der Waals surface area contributed by atoms with Gasteiger partial charge in [-0.1, -0.05) is 20.3 Å². The second kappa shape index (κ2) is 9.42. The van der Waals surface area contributed by atoms with Crippen LogP contribution in [0.4, 0.5) is 9.18 Å². The third-order valence-electron chi connectivity index (χ3n) is 5.18. The van der Waals surface area contributed by atoms with E-state index < -0.39 is 41.3 Å². The fourth-order valence-electron chi connectivity index (χ4n) is 3.59. The molecule has 0 bridgehead atoms. The van der Waals surface area contributed by atoms with Gasteiger partial charge in [0, 0.05) is 5.92 Å². The standard InChI is InChI=1S/C21H39FN2O4/c1-12-10-11-15(12)16(13(2)18(25)27-20(4,5)6)17(22)14(3)23-24-19(26)28-21(7,8)9/h12-17,23H,10-11H2,1-9H3,(H,24,26). The average Bonchev–Trinajstić information content (AvgIpc) is 2.51. The van der Waals surface area contributed by atoms with Gasteiger partial charge in [-0.25, -0.2) is 14.6 Å². The Morgan fingerprint density at radius 1 is 1.00 bits per heavy atom. The van der Waals surface area contributed by atoms with Crippen molar-refractivity contribution in [1.82, 2.24) is 10.9 Å². The first kappa shape index (κ1) is 24.7. The van der Waals surface area contributed by atoms with Crippen molar-refractivity contribution in [2.45, 2.75) is 98.6 Å². The summed E-state index contributed by atoms with van der Waals surface area (Å²) in [7, 11) is 0. The predicted molar refractivity (Wildman–Crippen MR) is 107 cm³/mol.